The molecular weight excluding hydrogens is 378 g/mol. The lowest BCUT2D eigenvalue weighted by molar-refractivity contribution is 0.302. The molecule has 3 N–H and O–H groups in total. The van der Waals surface area contributed by atoms with Gasteiger partial charge in [-0.2, -0.15) is 5.10 Å². The van der Waals surface area contributed by atoms with Crippen LogP contribution in [-0.2, 0) is 4.74 Å². The molecule has 1 fully saturated rings. The smallest absolute Gasteiger partial charge is 0.140 e. The minimum Gasteiger partial charge on any atom is -0.497 e. The maximum absolute atomic E-state index is 5.42. The fourth-order valence-electron chi connectivity index (χ4n) is 3.88. The highest BCUT2D eigenvalue weighted by molar-refractivity contribution is 5.82. The first kappa shape index (κ1) is 18.6. The molecule has 0 spiro atoms. The lowest BCUT2D eigenvalue weighted by Gasteiger charge is -2.29. The first-order valence-electron chi connectivity index (χ1n) is 10.3. The van der Waals surface area contributed by atoms with Gasteiger partial charge in [0.25, 0.3) is 0 Å². The van der Waals surface area contributed by atoms with Crippen molar-refractivity contribution in [3.8, 4) is 0 Å². The number of methoxy groups -OCH3 is 1. The maximum atomic E-state index is 5.42. The van der Waals surface area contributed by atoms with Crippen LogP contribution in [-0.4, -0.2) is 53.5 Å². The van der Waals surface area contributed by atoms with E-state index in [9.17, 15) is 0 Å². The van der Waals surface area contributed by atoms with Gasteiger partial charge in [0, 0.05) is 49.2 Å². The molecule has 1 aliphatic heterocycles. The second kappa shape index (κ2) is 8.16. The number of aromatic amines is 1. The van der Waals surface area contributed by atoms with Crippen molar-refractivity contribution in [1.29, 1.82) is 0 Å². The summed E-state index contributed by atoms with van der Waals surface area (Å²) >= 11 is 0. The van der Waals surface area contributed by atoms with Gasteiger partial charge in [0.2, 0.25) is 0 Å². The Morgan fingerprint density at radius 3 is 2.93 bits per heavy atom. The Hall–Kier alpha value is -3.39. The fraction of sp³-hybridized carbons (Fsp3) is 0.318. The summed E-state index contributed by atoms with van der Waals surface area (Å²) in [5.41, 5.74) is 1.98. The molecule has 1 aliphatic carbocycles. The number of anilines is 3. The highest BCUT2D eigenvalue weighted by atomic mass is 16.5. The van der Waals surface area contributed by atoms with E-state index in [2.05, 4.69) is 43.9 Å². The van der Waals surface area contributed by atoms with Crippen molar-refractivity contribution in [3.05, 3.63) is 60.3 Å². The Balaban J connectivity index is 1.50. The summed E-state index contributed by atoms with van der Waals surface area (Å²) in [5.74, 6) is 3.48. The molecule has 30 heavy (non-hydrogen) atoms. The second-order valence-electron chi connectivity index (χ2n) is 7.52. The van der Waals surface area contributed by atoms with Crippen molar-refractivity contribution in [2.45, 2.75) is 12.3 Å². The Kier molecular flexibility index (Phi) is 5.06. The molecule has 0 saturated carbocycles. The van der Waals surface area contributed by atoms with Crippen LogP contribution < -0.4 is 15.5 Å². The van der Waals surface area contributed by atoms with Crippen LogP contribution in [0.1, 0.15) is 18.2 Å². The molecule has 0 amide bonds. The summed E-state index contributed by atoms with van der Waals surface area (Å²) in [6.07, 6.45) is 8.89. The first-order valence-corrected chi connectivity index (χ1v) is 10.3. The quantitative estimate of drug-likeness (QED) is 0.603. The maximum Gasteiger partial charge on any atom is 0.140 e. The zero-order chi connectivity index (χ0) is 20.3. The van der Waals surface area contributed by atoms with Crippen LogP contribution >= 0.6 is 0 Å². The average molecular weight is 403 g/mol. The van der Waals surface area contributed by atoms with E-state index in [0.29, 0.717) is 0 Å². The molecule has 1 saturated heterocycles. The molecule has 8 heteroatoms. The van der Waals surface area contributed by atoms with Gasteiger partial charge in [-0.1, -0.05) is 6.08 Å². The lowest BCUT2D eigenvalue weighted by atomic mass is 9.99. The Morgan fingerprint density at radius 2 is 2.07 bits per heavy atom. The number of hydrogen-bond donors (Lipinski definition) is 3. The summed E-state index contributed by atoms with van der Waals surface area (Å²) < 4.78 is 5.42. The number of rotatable bonds is 5. The van der Waals surface area contributed by atoms with E-state index in [-0.39, 0.29) is 5.92 Å². The fourth-order valence-corrected chi connectivity index (χ4v) is 3.88. The van der Waals surface area contributed by atoms with E-state index in [4.69, 9.17) is 14.7 Å². The predicted octanol–water partition coefficient (Wildman–Crippen LogP) is 3.08. The monoisotopic (exact) mass is 403 g/mol. The van der Waals surface area contributed by atoms with Crippen molar-refractivity contribution >= 4 is 28.2 Å². The van der Waals surface area contributed by atoms with E-state index in [0.717, 1.165) is 72.4 Å². The van der Waals surface area contributed by atoms with Gasteiger partial charge >= 0.3 is 0 Å². The Morgan fingerprint density at radius 1 is 1.17 bits per heavy atom. The van der Waals surface area contributed by atoms with Gasteiger partial charge < -0.3 is 20.3 Å². The number of fused-ring (bicyclic) bond motifs is 1. The van der Waals surface area contributed by atoms with Gasteiger partial charge in [0.15, 0.2) is 0 Å². The van der Waals surface area contributed by atoms with E-state index < -0.39 is 0 Å². The summed E-state index contributed by atoms with van der Waals surface area (Å²) in [4.78, 5) is 12.1. The van der Waals surface area contributed by atoms with E-state index in [1.54, 1.807) is 7.11 Å². The molecule has 154 valence electrons. The number of nitrogens with zero attached hydrogens (tertiary/aromatic N) is 4. The van der Waals surface area contributed by atoms with Gasteiger partial charge in [0.1, 0.15) is 23.2 Å². The number of ether oxygens (including phenoxy) is 1. The normalized spacial score (nSPS) is 19.0. The van der Waals surface area contributed by atoms with Gasteiger partial charge in [-0.05, 0) is 36.8 Å². The van der Waals surface area contributed by atoms with Crippen LogP contribution in [0.5, 0.6) is 0 Å². The lowest BCUT2D eigenvalue weighted by Crippen LogP contribution is -2.44. The predicted molar refractivity (Wildman–Crippen MR) is 118 cm³/mol. The summed E-state index contributed by atoms with van der Waals surface area (Å²) in [6, 6.07) is 8.15. The highest BCUT2D eigenvalue weighted by Gasteiger charge is 2.20. The van der Waals surface area contributed by atoms with Gasteiger partial charge in [-0.3, -0.25) is 5.10 Å². The molecule has 1 aromatic carbocycles. The Bertz CT molecular complexity index is 1100. The average Bonchev–Trinajstić information content (AvgIpc) is 3.27. The van der Waals surface area contributed by atoms with Gasteiger partial charge in [0.05, 0.1) is 18.8 Å². The number of hydrogen-bond acceptors (Lipinski definition) is 7. The zero-order valence-electron chi connectivity index (χ0n) is 16.9. The number of piperazine rings is 1. The van der Waals surface area contributed by atoms with Crippen molar-refractivity contribution < 1.29 is 4.74 Å². The number of H-pyrrole nitrogens is 1. The van der Waals surface area contributed by atoms with Gasteiger partial charge in [-0.15, -0.1) is 0 Å². The van der Waals surface area contributed by atoms with E-state index >= 15 is 0 Å². The summed E-state index contributed by atoms with van der Waals surface area (Å²) in [7, 11) is 1.69. The summed E-state index contributed by atoms with van der Waals surface area (Å²) in [6.45, 7) is 3.78. The molecule has 3 heterocycles. The third-order valence-corrected chi connectivity index (χ3v) is 5.49. The van der Waals surface area contributed by atoms with Crippen molar-refractivity contribution in [2.75, 3.05) is 43.5 Å². The molecule has 5 rings (SSSR count). The standard InChI is InChI=1S/C22H25N7O/c1-30-18-4-2-3-15(12-18)22-26-20(13-21(27-22)29-9-7-23-8-10-29)25-17-5-6-19-16(11-17)14-24-28-19/h2,4-6,11-15,23H,3,7-10H2,1H3,(H,24,28)(H,25,26,27). The largest absolute Gasteiger partial charge is 0.497 e. The van der Waals surface area contributed by atoms with Crippen molar-refractivity contribution in [3.63, 3.8) is 0 Å². The van der Waals surface area contributed by atoms with Crippen LogP contribution in [0.3, 0.4) is 0 Å². The number of allylic oxidation sites excluding steroid dienone is 3. The molecule has 2 aromatic heterocycles. The SMILES string of the molecule is COC1=CC(c2nc(Nc3ccc4[nH]ncc4c3)cc(N3CCNCC3)n2)CC=C1. The highest BCUT2D eigenvalue weighted by Crippen LogP contribution is 2.29. The number of benzene rings is 1. The number of nitrogens with one attached hydrogen (secondary N) is 3. The van der Waals surface area contributed by atoms with E-state index in [1.165, 1.54) is 0 Å². The third kappa shape index (κ3) is 3.86. The van der Waals surface area contributed by atoms with Crippen molar-refractivity contribution in [2.24, 2.45) is 0 Å². The molecule has 0 radical (unpaired) electrons. The molecule has 1 unspecified atom stereocenters. The first-order chi connectivity index (χ1) is 14.8. The Labute approximate surface area is 175 Å². The third-order valence-electron chi connectivity index (χ3n) is 5.49. The van der Waals surface area contributed by atoms with Gasteiger partial charge in [-0.25, -0.2) is 9.97 Å². The molecule has 3 aromatic rings. The van der Waals surface area contributed by atoms with Crippen LogP contribution in [0.4, 0.5) is 17.3 Å². The van der Waals surface area contributed by atoms with E-state index in [1.807, 2.05) is 30.5 Å². The molecule has 1 atom stereocenters. The zero-order valence-corrected chi connectivity index (χ0v) is 16.9. The molecule has 0 bridgehead atoms. The molecule has 8 nitrogen and oxygen atoms in total. The minimum absolute atomic E-state index is 0.0877. The summed E-state index contributed by atoms with van der Waals surface area (Å²) in [5, 5.41) is 15.0. The topological polar surface area (TPSA) is 91.0 Å². The number of aromatic nitrogens is 4. The van der Waals surface area contributed by atoms with Crippen LogP contribution in [0.15, 0.2) is 54.4 Å². The van der Waals surface area contributed by atoms with Crippen molar-refractivity contribution in [1.82, 2.24) is 25.5 Å². The molecular formula is C22H25N7O. The van der Waals surface area contributed by atoms with Crippen LogP contribution in [0.25, 0.3) is 10.9 Å². The van der Waals surface area contributed by atoms with Crippen LogP contribution in [0, 0.1) is 0 Å². The second-order valence-corrected chi connectivity index (χ2v) is 7.52. The minimum atomic E-state index is 0.0877. The molecule has 2 aliphatic rings. The van der Waals surface area contributed by atoms with Crippen LogP contribution in [0.2, 0.25) is 0 Å².